The van der Waals surface area contributed by atoms with Gasteiger partial charge in [0.05, 0.1) is 10.2 Å². The molecule has 1 aromatic heterocycles. The minimum Gasteiger partial charge on any atom is -0.296 e. The number of hydrogen-bond donors (Lipinski definition) is 0. The Balaban J connectivity index is 2.93. The predicted octanol–water partition coefficient (Wildman–Crippen LogP) is 2.92. The average Bonchev–Trinajstić information content (AvgIpc) is 2.41. The molecule has 0 saturated heterocycles. The number of halogens is 2. The summed E-state index contributed by atoms with van der Waals surface area (Å²) < 4.78 is 27.9. The first-order valence-electron chi connectivity index (χ1n) is 4.51. The second-order valence-corrected chi connectivity index (χ2v) is 4.53. The fraction of sp³-hybridized carbons (Fsp3) is 0.300. The third kappa shape index (κ3) is 1.56. The SMILES string of the molecule is CC(C)n1c(=O)sc2c(F)cc(F)cc21. The Morgan fingerprint density at radius 3 is 2.60 bits per heavy atom. The standard InChI is InChI=1S/C10H9F2NOS/c1-5(2)13-8-4-6(11)3-7(12)9(8)15-10(13)14/h3-5H,1-2H3. The Kier molecular flexibility index (Phi) is 2.34. The third-order valence-electron chi connectivity index (χ3n) is 2.15. The maximum atomic E-state index is 13.3. The fourth-order valence-corrected chi connectivity index (χ4v) is 2.55. The molecule has 2 nitrogen and oxygen atoms in total. The molecule has 0 unspecified atom stereocenters. The summed E-state index contributed by atoms with van der Waals surface area (Å²) in [6.45, 7) is 3.60. The fourth-order valence-electron chi connectivity index (χ4n) is 1.55. The van der Waals surface area contributed by atoms with Gasteiger partial charge in [-0.1, -0.05) is 11.3 Å². The highest BCUT2D eigenvalue weighted by molar-refractivity contribution is 7.16. The monoisotopic (exact) mass is 229 g/mol. The van der Waals surface area contributed by atoms with Crippen molar-refractivity contribution < 1.29 is 8.78 Å². The van der Waals surface area contributed by atoms with Crippen LogP contribution in [-0.4, -0.2) is 4.57 Å². The van der Waals surface area contributed by atoms with Gasteiger partial charge in [-0.3, -0.25) is 9.36 Å². The van der Waals surface area contributed by atoms with Crippen molar-refractivity contribution >= 4 is 21.6 Å². The van der Waals surface area contributed by atoms with Gasteiger partial charge in [-0.2, -0.15) is 0 Å². The second kappa shape index (κ2) is 3.41. The zero-order valence-electron chi connectivity index (χ0n) is 8.25. The van der Waals surface area contributed by atoms with Crippen molar-refractivity contribution in [3.63, 3.8) is 0 Å². The maximum Gasteiger partial charge on any atom is 0.308 e. The lowest BCUT2D eigenvalue weighted by Gasteiger charge is -2.06. The molecule has 0 radical (unpaired) electrons. The maximum absolute atomic E-state index is 13.3. The van der Waals surface area contributed by atoms with Crippen LogP contribution in [0.5, 0.6) is 0 Å². The smallest absolute Gasteiger partial charge is 0.296 e. The van der Waals surface area contributed by atoms with Gasteiger partial charge in [0.25, 0.3) is 0 Å². The van der Waals surface area contributed by atoms with Crippen molar-refractivity contribution in [2.45, 2.75) is 19.9 Å². The van der Waals surface area contributed by atoms with E-state index < -0.39 is 11.6 Å². The van der Waals surface area contributed by atoms with Gasteiger partial charge in [-0.25, -0.2) is 8.78 Å². The molecular formula is C10H9F2NOS. The van der Waals surface area contributed by atoms with Gasteiger partial charge in [-0.05, 0) is 19.9 Å². The minimum atomic E-state index is -0.675. The van der Waals surface area contributed by atoms with Gasteiger partial charge in [0.2, 0.25) is 0 Å². The van der Waals surface area contributed by atoms with Crippen LogP contribution in [0.3, 0.4) is 0 Å². The van der Waals surface area contributed by atoms with Crippen molar-refractivity contribution in [3.05, 3.63) is 33.4 Å². The van der Waals surface area contributed by atoms with E-state index in [4.69, 9.17) is 0 Å². The van der Waals surface area contributed by atoms with Crippen LogP contribution >= 0.6 is 11.3 Å². The Hall–Kier alpha value is -1.23. The molecule has 0 amide bonds. The molecule has 1 heterocycles. The summed E-state index contributed by atoms with van der Waals surface area (Å²) in [5, 5.41) is 0. The Morgan fingerprint density at radius 2 is 2.00 bits per heavy atom. The van der Waals surface area contributed by atoms with E-state index in [0.29, 0.717) is 5.52 Å². The number of hydrogen-bond acceptors (Lipinski definition) is 2. The first-order chi connectivity index (χ1) is 7.00. The number of fused-ring (bicyclic) bond motifs is 1. The molecule has 80 valence electrons. The van der Waals surface area contributed by atoms with Crippen LogP contribution in [0.2, 0.25) is 0 Å². The third-order valence-corrected chi connectivity index (χ3v) is 3.13. The highest BCUT2D eigenvalue weighted by Gasteiger charge is 2.14. The van der Waals surface area contributed by atoms with Crippen LogP contribution < -0.4 is 4.87 Å². The van der Waals surface area contributed by atoms with Gasteiger partial charge >= 0.3 is 4.87 Å². The molecule has 0 atom stereocenters. The van der Waals surface area contributed by atoms with Crippen LogP contribution in [-0.2, 0) is 0 Å². The normalized spacial score (nSPS) is 11.5. The number of aromatic nitrogens is 1. The average molecular weight is 229 g/mol. The van der Waals surface area contributed by atoms with Crippen LogP contribution in [0.15, 0.2) is 16.9 Å². The highest BCUT2D eigenvalue weighted by Crippen LogP contribution is 2.24. The molecule has 2 rings (SSSR count). The lowest BCUT2D eigenvalue weighted by atomic mass is 10.3. The predicted molar refractivity (Wildman–Crippen MR) is 56.4 cm³/mol. The van der Waals surface area contributed by atoms with Crippen LogP contribution in [0.4, 0.5) is 8.78 Å². The van der Waals surface area contributed by atoms with Gasteiger partial charge in [0.15, 0.2) is 0 Å². The molecule has 0 saturated carbocycles. The number of benzene rings is 1. The van der Waals surface area contributed by atoms with Gasteiger partial charge < -0.3 is 0 Å². The van der Waals surface area contributed by atoms with Crippen LogP contribution in [0, 0.1) is 11.6 Å². The van der Waals surface area contributed by atoms with E-state index in [1.54, 1.807) is 13.8 Å². The summed E-state index contributed by atoms with van der Waals surface area (Å²) in [6.07, 6.45) is 0. The Labute approximate surface area is 88.8 Å². The molecule has 0 aliphatic heterocycles. The summed E-state index contributed by atoms with van der Waals surface area (Å²) in [4.78, 5) is 11.3. The van der Waals surface area contributed by atoms with E-state index in [1.165, 1.54) is 10.6 Å². The summed E-state index contributed by atoms with van der Waals surface area (Å²) in [7, 11) is 0. The zero-order chi connectivity index (χ0) is 11.2. The number of rotatable bonds is 1. The summed E-state index contributed by atoms with van der Waals surface area (Å²) in [5.41, 5.74) is 0.331. The number of thiazole rings is 1. The van der Waals surface area contributed by atoms with E-state index in [2.05, 4.69) is 0 Å². The Bertz CT molecular complexity index is 571. The molecule has 0 aliphatic rings. The topological polar surface area (TPSA) is 22.0 Å². The molecule has 15 heavy (non-hydrogen) atoms. The van der Waals surface area contributed by atoms with E-state index in [9.17, 15) is 13.6 Å². The molecular weight excluding hydrogens is 220 g/mol. The van der Waals surface area contributed by atoms with E-state index in [1.807, 2.05) is 0 Å². The summed E-state index contributed by atoms with van der Waals surface area (Å²) in [6, 6.07) is 1.88. The van der Waals surface area contributed by atoms with Crippen molar-refractivity contribution in [2.24, 2.45) is 0 Å². The van der Waals surface area contributed by atoms with Gasteiger partial charge in [-0.15, -0.1) is 0 Å². The lowest BCUT2D eigenvalue weighted by Crippen LogP contribution is -2.14. The van der Waals surface area contributed by atoms with E-state index in [-0.39, 0.29) is 15.6 Å². The molecule has 1 aromatic carbocycles. The van der Waals surface area contributed by atoms with Crippen LogP contribution in [0.1, 0.15) is 19.9 Å². The van der Waals surface area contributed by atoms with E-state index in [0.717, 1.165) is 17.4 Å². The molecule has 0 spiro atoms. The first-order valence-corrected chi connectivity index (χ1v) is 5.32. The van der Waals surface area contributed by atoms with Crippen molar-refractivity contribution in [2.75, 3.05) is 0 Å². The van der Waals surface area contributed by atoms with Gasteiger partial charge in [0, 0.05) is 12.1 Å². The Morgan fingerprint density at radius 1 is 1.33 bits per heavy atom. The summed E-state index contributed by atoms with van der Waals surface area (Å²) in [5.74, 6) is -1.33. The molecule has 2 aromatic rings. The van der Waals surface area contributed by atoms with Crippen molar-refractivity contribution in [1.82, 2.24) is 4.57 Å². The van der Waals surface area contributed by atoms with Crippen molar-refractivity contribution in [3.8, 4) is 0 Å². The van der Waals surface area contributed by atoms with Gasteiger partial charge in [0.1, 0.15) is 11.6 Å². The first kappa shape index (κ1) is 10.3. The molecule has 0 aliphatic carbocycles. The van der Waals surface area contributed by atoms with Crippen LogP contribution in [0.25, 0.3) is 10.2 Å². The molecule has 5 heteroatoms. The van der Waals surface area contributed by atoms with E-state index >= 15 is 0 Å². The second-order valence-electron chi connectivity index (χ2n) is 3.57. The quantitative estimate of drug-likeness (QED) is 0.737. The molecule has 0 bridgehead atoms. The zero-order valence-corrected chi connectivity index (χ0v) is 9.07. The molecule has 0 N–H and O–H groups in total. The summed E-state index contributed by atoms with van der Waals surface area (Å²) >= 11 is 0.808. The lowest BCUT2D eigenvalue weighted by molar-refractivity contribution is 0.583. The largest absolute Gasteiger partial charge is 0.308 e. The highest BCUT2D eigenvalue weighted by atomic mass is 32.1. The minimum absolute atomic E-state index is 0.104. The molecule has 0 fully saturated rings. The van der Waals surface area contributed by atoms with Crippen molar-refractivity contribution in [1.29, 1.82) is 0 Å². The number of nitrogens with zero attached hydrogens (tertiary/aromatic N) is 1.